The molecule has 2 heterocycles. The number of nitrogens with zero attached hydrogens (tertiary/aromatic N) is 2. The zero-order valence-electron chi connectivity index (χ0n) is 13.7. The average molecular weight is 329 g/mol. The van der Waals surface area contributed by atoms with Crippen molar-refractivity contribution in [2.45, 2.75) is 31.2 Å². The van der Waals surface area contributed by atoms with Crippen molar-refractivity contribution < 1.29 is 4.79 Å². The van der Waals surface area contributed by atoms with E-state index < -0.39 is 0 Å². The maximum absolute atomic E-state index is 11.6. The minimum atomic E-state index is 0.103. The SMILES string of the molecule is CNC.O=CN1C(c2ccccc2)=CN2C3=C(CCCC3)SC12. The summed E-state index contributed by atoms with van der Waals surface area (Å²) < 4.78 is 0. The highest BCUT2D eigenvalue weighted by atomic mass is 32.2. The maximum atomic E-state index is 11.6. The van der Waals surface area contributed by atoms with Gasteiger partial charge in [0.2, 0.25) is 6.41 Å². The van der Waals surface area contributed by atoms with Gasteiger partial charge in [0.1, 0.15) is 0 Å². The molecule has 4 nitrogen and oxygen atoms in total. The lowest BCUT2D eigenvalue weighted by Gasteiger charge is -2.24. The van der Waals surface area contributed by atoms with Gasteiger partial charge in [0.15, 0.2) is 5.50 Å². The van der Waals surface area contributed by atoms with Crippen molar-refractivity contribution >= 4 is 23.9 Å². The van der Waals surface area contributed by atoms with E-state index in [0.29, 0.717) is 0 Å². The van der Waals surface area contributed by atoms with Crippen LogP contribution in [-0.4, -0.2) is 35.8 Å². The number of nitrogens with one attached hydrogen (secondary N) is 1. The maximum Gasteiger partial charge on any atom is 0.216 e. The second kappa shape index (κ2) is 7.23. The van der Waals surface area contributed by atoms with E-state index in [1.165, 1.54) is 29.9 Å². The Morgan fingerprint density at radius 3 is 2.57 bits per heavy atom. The van der Waals surface area contributed by atoms with Crippen molar-refractivity contribution in [2.75, 3.05) is 14.1 Å². The Bertz CT molecular complexity index is 626. The summed E-state index contributed by atoms with van der Waals surface area (Å²) in [5.41, 5.74) is 3.65. The molecule has 0 aromatic heterocycles. The summed E-state index contributed by atoms with van der Waals surface area (Å²) in [4.78, 5) is 17.2. The van der Waals surface area contributed by atoms with E-state index in [0.717, 1.165) is 24.1 Å². The van der Waals surface area contributed by atoms with Gasteiger partial charge >= 0.3 is 0 Å². The topological polar surface area (TPSA) is 35.6 Å². The number of thioether (sulfide) groups is 1. The first kappa shape index (κ1) is 16.1. The van der Waals surface area contributed by atoms with Crippen molar-refractivity contribution in [1.82, 2.24) is 15.1 Å². The van der Waals surface area contributed by atoms with Gasteiger partial charge in [-0.25, -0.2) is 0 Å². The van der Waals surface area contributed by atoms with Crippen molar-refractivity contribution in [3.05, 3.63) is 52.7 Å². The number of amides is 1. The fraction of sp³-hybridized carbons (Fsp3) is 0.389. The van der Waals surface area contributed by atoms with Crippen LogP contribution in [0.1, 0.15) is 31.2 Å². The molecular weight excluding hydrogens is 306 g/mol. The summed E-state index contributed by atoms with van der Waals surface area (Å²) in [5.74, 6) is 0. The monoisotopic (exact) mass is 329 g/mol. The molecule has 1 atom stereocenters. The summed E-state index contributed by atoms with van der Waals surface area (Å²) in [6.45, 7) is 0. The molecule has 1 aliphatic carbocycles. The Balaban J connectivity index is 0.000000485. The fourth-order valence-corrected chi connectivity index (χ4v) is 4.61. The quantitative estimate of drug-likeness (QED) is 0.844. The smallest absolute Gasteiger partial charge is 0.216 e. The predicted molar refractivity (Wildman–Crippen MR) is 96.0 cm³/mol. The van der Waals surface area contributed by atoms with Crippen molar-refractivity contribution in [2.24, 2.45) is 0 Å². The van der Waals surface area contributed by atoms with E-state index in [2.05, 4.69) is 28.5 Å². The molecule has 0 bridgehead atoms. The number of fused-ring (bicyclic) bond motifs is 2. The second-order valence-corrected chi connectivity index (χ2v) is 6.97. The number of rotatable bonds is 2. The lowest BCUT2D eigenvalue weighted by molar-refractivity contribution is -0.116. The molecule has 1 amide bonds. The van der Waals surface area contributed by atoms with E-state index in [1.54, 1.807) is 0 Å². The molecule has 2 aliphatic heterocycles. The van der Waals surface area contributed by atoms with Crippen LogP contribution in [0.3, 0.4) is 0 Å². The number of benzene rings is 1. The summed E-state index contributed by atoms with van der Waals surface area (Å²) in [6, 6.07) is 10.2. The van der Waals surface area contributed by atoms with Crippen molar-refractivity contribution in [3.8, 4) is 0 Å². The molecule has 0 spiro atoms. The molecule has 1 aromatic rings. The Hall–Kier alpha value is -1.72. The van der Waals surface area contributed by atoms with Crippen LogP contribution in [0.2, 0.25) is 0 Å². The molecule has 122 valence electrons. The molecule has 1 N–H and O–H groups in total. The van der Waals surface area contributed by atoms with Crippen LogP contribution in [0.15, 0.2) is 47.1 Å². The van der Waals surface area contributed by atoms with Crippen LogP contribution in [0.25, 0.3) is 5.70 Å². The highest BCUT2D eigenvalue weighted by Gasteiger charge is 2.41. The van der Waals surface area contributed by atoms with Gasteiger partial charge in [0, 0.05) is 16.8 Å². The number of hydrogen-bond acceptors (Lipinski definition) is 4. The van der Waals surface area contributed by atoms with Crippen LogP contribution in [0.4, 0.5) is 0 Å². The molecule has 0 fully saturated rings. The van der Waals surface area contributed by atoms with Gasteiger partial charge < -0.3 is 10.2 Å². The van der Waals surface area contributed by atoms with Gasteiger partial charge in [-0.05, 0) is 45.3 Å². The minimum absolute atomic E-state index is 0.103. The Labute approximate surface area is 142 Å². The molecule has 0 radical (unpaired) electrons. The Kier molecular flexibility index (Phi) is 5.08. The average Bonchev–Trinajstić information content (AvgIpc) is 3.12. The molecular formula is C18H23N3OS. The molecule has 1 aromatic carbocycles. The third-order valence-corrected chi connectivity index (χ3v) is 5.54. The van der Waals surface area contributed by atoms with Crippen LogP contribution >= 0.6 is 11.8 Å². The number of allylic oxidation sites excluding steroid dienone is 2. The summed E-state index contributed by atoms with van der Waals surface area (Å²) in [5, 5.41) is 2.75. The first-order valence-electron chi connectivity index (χ1n) is 8.06. The normalized spacial score (nSPS) is 22.2. The van der Waals surface area contributed by atoms with Crippen LogP contribution < -0.4 is 5.32 Å². The zero-order chi connectivity index (χ0) is 16.2. The zero-order valence-corrected chi connectivity index (χ0v) is 14.5. The van der Waals surface area contributed by atoms with Gasteiger partial charge in [0.05, 0.1) is 5.70 Å². The summed E-state index contributed by atoms with van der Waals surface area (Å²) >= 11 is 1.84. The van der Waals surface area contributed by atoms with E-state index >= 15 is 0 Å². The van der Waals surface area contributed by atoms with Crippen LogP contribution in [0.5, 0.6) is 0 Å². The van der Waals surface area contributed by atoms with Gasteiger partial charge in [-0.3, -0.25) is 9.69 Å². The van der Waals surface area contributed by atoms with Gasteiger partial charge in [0.25, 0.3) is 0 Å². The second-order valence-electron chi connectivity index (χ2n) is 5.82. The molecule has 1 unspecified atom stereocenters. The molecule has 23 heavy (non-hydrogen) atoms. The summed E-state index contributed by atoms with van der Waals surface area (Å²) in [6.07, 6.45) is 7.98. The number of carbonyl (C=O) groups excluding carboxylic acids is 1. The van der Waals surface area contributed by atoms with Gasteiger partial charge in [-0.15, -0.1) is 0 Å². The third kappa shape index (κ3) is 3.03. The molecule has 0 saturated carbocycles. The first-order valence-corrected chi connectivity index (χ1v) is 8.94. The van der Waals surface area contributed by atoms with E-state index in [-0.39, 0.29) is 5.50 Å². The van der Waals surface area contributed by atoms with Crippen molar-refractivity contribution in [3.63, 3.8) is 0 Å². The van der Waals surface area contributed by atoms with Gasteiger partial charge in [-0.2, -0.15) is 0 Å². The standard InChI is InChI=1S/C16H16N2OS.C2H7N/c19-11-18-14(12-6-2-1-3-7-12)10-17-13-8-4-5-9-15(13)20-16(17)18;1-3-2/h1-3,6-7,10-11,16H,4-5,8-9H2;3H,1-2H3. The molecule has 4 rings (SSSR count). The van der Waals surface area contributed by atoms with E-state index in [4.69, 9.17) is 0 Å². The van der Waals surface area contributed by atoms with E-state index in [9.17, 15) is 4.79 Å². The Morgan fingerprint density at radius 2 is 1.87 bits per heavy atom. The van der Waals surface area contributed by atoms with E-state index in [1.807, 2.05) is 49.0 Å². The number of hydrogen-bond donors (Lipinski definition) is 1. The lowest BCUT2D eigenvalue weighted by atomic mass is 10.0. The largest absolute Gasteiger partial charge is 0.323 e. The minimum Gasteiger partial charge on any atom is -0.323 e. The van der Waals surface area contributed by atoms with Gasteiger partial charge in [-0.1, -0.05) is 42.1 Å². The summed E-state index contributed by atoms with van der Waals surface area (Å²) in [7, 11) is 3.75. The van der Waals surface area contributed by atoms with Crippen molar-refractivity contribution in [1.29, 1.82) is 0 Å². The third-order valence-electron chi connectivity index (χ3n) is 4.15. The van der Waals surface area contributed by atoms with Crippen LogP contribution in [0, 0.1) is 0 Å². The fourth-order valence-electron chi connectivity index (χ4n) is 3.17. The molecule has 5 heteroatoms. The number of carbonyl (C=O) groups is 1. The highest BCUT2D eigenvalue weighted by molar-refractivity contribution is 8.03. The first-order chi connectivity index (χ1) is 11.3. The molecule has 3 aliphatic rings. The molecule has 0 saturated heterocycles. The highest BCUT2D eigenvalue weighted by Crippen LogP contribution is 2.50. The predicted octanol–water partition coefficient (Wildman–Crippen LogP) is 3.41. The van der Waals surface area contributed by atoms with Crippen LogP contribution in [-0.2, 0) is 4.79 Å². The Morgan fingerprint density at radius 1 is 1.17 bits per heavy atom. The lowest BCUT2D eigenvalue weighted by Crippen LogP contribution is -2.32.